The fraction of sp³-hybridized carbons (Fsp3) is 0.333. The number of fused-ring (bicyclic) bond motifs is 1. The molecule has 0 aromatic heterocycles. The number of benzene rings is 1. The van der Waals surface area contributed by atoms with Gasteiger partial charge in [0.1, 0.15) is 22.9 Å². The van der Waals surface area contributed by atoms with Crippen molar-refractivity contribution >= 4 is 35.5 Å². The Kier molecular flexibility index (Phi) is 7.55. The molecule has 0 bridgehead atoms. The van der Waals surface area contributed by atoms with E-state index in [1.54, 1.807) is 24.3 Å². The Morgan fingerprint density at radius 2 is 1.83 bits per heavy atom. The molecule has 3 heterocycles. The van der Waals surface area contributed by atoms with Gasteiger partial charge in [-0.2, -0.15) is 13.2 Å². The number of likely N-dealkylation sites (tertiary alicyclic amines) is 1. The van der Waals surface area contributed by atoms with Crippen molar-refractivity contribution in [1.82, 2.24) is 9.80 Å². The number of alkyl halides is 3. The van der Waals surface area contributed by atoms with Crippen LogP contribution < -0.4 is 5.73 Å². The van der Waals surface area contributed by atoms with E-state index in [2.05, 4.69) is 0 Å². The lowest BCUT2D eigenvalue weighted by molar-refractivity contribution is -0.192. The predicted octanol–water partition coefficient (Wildman–Crippen LogP) is 1.70. The molecule has 0 unspecified atom stereocenters. The number of allylic oxidation sites excluding steroid dienone is 1. The number of carboxylic acids is 2. The molecule has 9 nitrogen and oxygen atoms in total. The fourth-order valence-electron chi connectivity index (χ4n) is 3.65. The maximum absolute atomic E-state index is 13.9. The van der Waals surface area contributed by atoms with Gasteiger partial charge in [0.05, 0.1) is 0 Å². The summed E-state index contributed by atoms with van der Waals surface area (Å²) in [5.41, 5.74) is 6.94. The number of thioether (sulfide) groups is 1. The first-order chi connectivity index (χ1) is 16.3. The van der Waals surface area contributed by atoms with E-state index in [4.69, 9.17) is 15.6 Å². The lowest BCUT2D eigenvalue weighted by atomic mass is 10.0. The summed E-state index contributed by atoms with van der Waals surface area (Å²) in [6.07, 6.45) is -3.08. The third-order valence-electron chi connectivity index (χ3n) is 5.36. The second-order valence-electron chi connectivity index (χ2n) is 7.66. The van der Waals surface area contributed by atoms with Crippen molar-refractivity contribution in [1.29, 1.82) is 0 Å². The van der Waals surface area contributed by atoms with Crippen LogP contribution >= 0.6 is 11.8 Å². The summed E-state index contributed by atoms with van der Waals surface area (Å²) in [6.45, 7) is 0.585. The van der Waals surface area contributed by atoms with Crippen LogP contribution in [0, 0.1) is 5.82 Å². The van der Waals surface area contributed by atoms with Gasteiger partial charge in [-0.05, 0) is 24.1 Å². The summed E-state index contributed by atoms with van der Waals surface area (Å²) in [5, 5.41) is 16.3. The Bertz CT molecular complexity index is 1140. The van der Waals surface area contributed by atoms with E-state index in [1.807, 2.05) is 0 Å². The van der Waals surface area contributed by atoms with Gasteiger partial charge in [0.25, 0.3) is 0 Å². The molecular weight excluding hydrogens is 498 g/mol. The molecule has 0 aliphatic carbocycles. The topological polar surface area (TPSA) is 141 Å². The van der Waals surface area contributed by atoms with Crippen LogP contribution in [0.3, 0.4) is 0 Å². The minimum atomic E-state index is -5.08. The van der Waals surface area contributed by atoms with Gasteiger partial charge in [-0.1, -0.05) is 18.2 Å². The lowest BCUT2D eigenvalue weighted by Gasteiger charge is -2.47. The van der Waals surface area contributed by atoms with Gasteiger partial charge in [-0.15, -0.1) is 11.8 Å². The molecule has 4 N–H and O–H groups in total. The highest BCUT2D eigenvalue weighted by atomic mass is 32.2. The first kappa shape index (κ1) is 26.2. The summed E-state index contributed by atoms with van der Waals surface area (Å²) in [7, 11) is 0. The number of hydrogen-bond acceptors (Lipinski definition) is 6. The first-order valence-corrected chi connectivity index (χ1v) is 11.1. The van der Waals surface area contributed by atoms with Gasteiger partial charge >= 0.3 is 18.1 Å². The Morgan fingerprint density at radius 1 is 1.20 bits per heavy atom. The van der Waals surface area contributed by atoms with E-state index in [1.165, 1.54) is 27.6 Å². The molecule has 1 aromatic carbocycles. The van der Waals surface area contributed by atoms with E-state index in [0.29, 0.717) is 35.4 Å². The number of amides is 2. The maximum atomic E-state index is 13.9. The number of aliphatic carboxylic acids is 2. The molecular formula is C21H19F4N3O6S. The third-order valence-corrected chi connectivity index (χ3v) is 6.69. The zero-order valence-corrected chi connectivity index (χ0v) is 18.6. The zero-order chi connectivity index (χ0) is 26.1. The SMILES string of the molecule is N[C@@H]1C(=O)N2C(C(=O)O)=C(/C=C3\CCN(Cc4ccccc4F)C3=O)CS[C@H]12.O=C(O)C(F)(F)F. The number of rotatable bonds is 4. The molecule has 1 aromatic rings. The normalized spacial score (nSPS) is 23.1. The third kappa shape index (κ3) is 5.48. The van der Waals surface area contributed by atoms with Gasteiger partial charge < -0.3 is 20.8 Å². The molecule has 35 heavy (non-hydrogen) atoms. The lowest BCUT2D eigenvalue weighted by Crippen LogP contribution is -2.68. The maximum Gasteiger partial charge on any atom is 0.490 e. The highest BCUT2D eigenvalue weighted by Crippen LogP contribution is 2.40. The van der Waals surface area contributed by atoms with Crippen molar-refractivity contribution in [2.75, 3.05) is 12.3 Å². The Morgan fingerprint density at radius 3 is 2.40 bits per heavy atom. The molecule has 0 saturated carbocycles. The zero-order valence-electron chi connectivity index (χ0n) is 17.8. The highest BCUT2D eigenvalue weighted by molar-refractivity contribution is 8.00. The van der Waals surface area contributed by atoms with E-state index in [9.17, 15) is 37.1 Å². The minimum Gasteiger partial charge on any atom is -0.477 e. The Labute approximate surface area is 199 Å². The molecule has 14 heteroatoms. The molecule has 4 rings (SSSR count). The first-order valence-electron chi connectivity index (χ1n) is 10.0. The van der Waals surface area contributed by atoms with Crippen LogP contribution in [0.2, 0.25) is 0 Å². The minimum absolute atomic E-state index is 0.108. The van der Waals surface area contributed by atoms with Crippen LogP contribution in [0.15, 0.2) is 47.2 Å². The quantitative estimate of drug-likeness (QED) is 0.311. The number of carbonyl (C=O) groups is 4. The number of nitrogens with zero attached hydrogens (tertiary/aromatic N) is 2. The monoisotopic (exact) mass is 517 g/mol. The largest absolute Gasteiger partial charge is 0.490 e. The summed E-state index contributed by atoms with van der Waals surface area (Å²) in [6, 6.07) is 5.59. The summed E-state index contributed by atoms with van der Waals surface area (Å²) >= 11 is 1.38. The number of hydrogen-bond donors (Lipinski definition) is 3. The molecule has 3 aliphatic heterocycles. The standard InChI is InChI=1S/C19H18FN3O4S.C2HF3O2/c20-13-4-2-1-3-11(13)8-22-6-5-10(16(22)24)7-12-9-28-18-14(21)17(25)23(18)15(12)19(26)27;3-2(4,5)1(6)7/h1-4,7,14,18H,5-6,8-9,21H2,(H,26,27);(H,6,7)/b10-7+;/t14-,18-;/m1./s1. The van der Waals surface area contributed by atoms with Crippen molar-refractivity contribution in [3.05, 3.63) is 58.6 Å². The number of nitrogens with two attached hydrogens (primary N) is 1. The van der Waals surface area contributed by atoms with Gasteiger partial charge in [0, 0.05) is 30.0 Å². The fourth-order valence-corrected chi connectivity index (χ4v) is 4.90. The Balaban J connectivity index is 0.000000429. The van der Waals surface area contributed by atoms with E-state index in [0.717, 1.165) is 0 Å². The molecule has 2 saturated heterocycles. The molecule has 0 spiro atoms. The van der Waals surface area contributed by atoms with Crippen molar-refractivity contribution in [2.24, 2.45) is 5.73 Å². The van der Waals surface area contributed by atoms with Crippen molar-refractivity contribution in [3.63, 3.8) is 0 Å². The molecule has 2 amide bonds. The average Bonchev–Trinajstić information content (AvgIpc) is 3.13. The smallest absolute Gasteiger partial charge is 0.477 e. The van der Waals surface area contributed by atoms with Crippen LogP contribution in [0.1, 0.15) is 12.0 Å². The molecule has 2 atom stereocenters. The van der Waals surface area contributed by atoms with Crippen LogP contribution in [-0.2, 0) is 25.7 Å². The summed E-state index contributed by atoms with van der Waals surface area (Å²) < 4.78 is 45.6. The summed E-state index contributed by atoms with van der Waals surface area (Å²) in [5.74, 6) is -4.67. The van der Waals surface area contributed by atoms with Crippen LogP contribution in [0.25, 0.3) is 0 Å². The van der Waals surface area contributed by atoms with E-state index >= 15 is 0 Å². The van der Waals surface area contributed by atoms with Gasteiger partial charge in [0.15, 0.2) is 0 Å². The Hall–Kier alpha value is -3.39. The van der Waals surface area contributed by atoms with Gasteiger partial charge in [-0.25, -0.2) is 14.0 Å². The van der Waals surface area contributed by atoms with Gasteiger partial charge in [0.2, 0.25) is 11.8 Å². The molecule has 2 fully saturated rings. The van der Waals surface area contributed by atoms with Crippen molar-refractivity contribution < 1.29 is 47.0 Å². The molecule has 0 radical (unpaired) electrons. The van der Waals surface area contributed by atoms with Gasteiger partial charge in [-0.3, -0.25) is 14.5 Å². The highest BCUT2D eigenvalue weighted by Gasteiger charge is 2.51. The second kappa shape index (κ2) is 10.1. The number of β-lactam (4-membered cyclic amide) rings is 1. The van der Waals surface area contributed by atoms with E-state index < -0.39 is 30.1 Å². The molecule has 3 aliphatic rings. The molecule has 188 valence electrons. The number of carbonyl (C=O) groups excluding carboxylic acids is 2. The average molecular weight is 517 g/mol. The number of carboxylic acid groups (broad SMARTS) is 2. The van der Waals surface area contributed by atoms with Crippen LogP contribution in [-0.4, -0.2) is 73.7 Å². The predicted molar refractivity (Wildman–Crippen MR) is 114 cm³/mol. The van der Waals surface area contributed by atoms with Crippen molar-refractivity contribution in [2.45, 2.75) is 30.6 Å². The summed E-state index contributed by atoms with van der Waals surface area (Å²) in [4.78, 5) is 48.1. The second-order valence-corrected chi connectivity index (χ2v) is 8.76. The van der Waals surface area contributed by atoms with Crippen molar-refractivity contribution in [3.8, 4) is 0 Å². The van der Waals surface area contributed by atoms with E-state index in [-0.39, 0.29) is 29.3 Å². The van der Waals surface area contributed by atoms with Crippen LogP contribution in [0.4, 0.5) is 17.6 Å². The van der Waals surface area contributed by atoms with Crippen LogP contribution in [0.5, 0.6) is 0 Å². The number of halogens is 4.